The first-order valence-corrected chi connectivity index (χ1v) is 6.98. The number of aryl methyl sites for hydroxylation is 1. The molecule has 0 bridgehead atoms. The predicted molar refractivity (Wildman–Crippen MR) is 73.5 cm³/mol. The Morgan fingerprint density at radius 2 is 2.11 bits per heavy atom. The molecule has 1 aromatic carbocycles. The number of nitrogens with one attached hydrogen (secondary N) is 1. The van der Waals surface area contributed by atoms with Gasteiger partial charge in [0.05, 0.1) is 6.54 Å². The van der Waals surface area contributed by atoms with E-state index in [1.165, 1.54) is 19.3 Å². The van der Waals surface area contributed by atoms with Gasteiger partial charge in [-0.1, -0.05) is 36.8 Å². The van der Waals surface area contributed by atoms with Crippen molar-refractivity contribution in [1.29, 1.82) is 0 Å². The number of hydrogen-bond donors (Lipinski definition) is 1. The molecular weight excluding hydrogens is 238 g/mol. The van der Waals surface area contributed by atoms with E-state index in [1.807, 2.05) is 30.3 Å². The molecule has 5 heteroatoms. The molecular formula is C14H19N5. The first-order chi connectivity index (χ1) is 9.42. The van der Waals surface area contributed by atoms with Gasteiger partial charge in [0.2, 0.25) is 5.82 Å². The summed E-state index contributed by atoms with van der Waals surface area (Å²) in [6.07, 6.45) is 4.97. The molecule has 2 heterocycles. The molecule has 100 valence electrons. The SMILES string of the molecule is c1ccc(-c2nnn(CCC3CCCCN3)n2)cc1. The molecule has 1 N–H and O–H groups in total. The van der Waals surface area contributed by atoms with Crippen LogP contribution < -0.4 is 5.32 Å². The predicted octanol–water partition coefficient (Wildman–Crippen LogP) is 1.87. The molecule has 1 fully saturated rings. The van der Waals surface area contributed by atoms with E-state index >= 15 is 0 Å². The highest BCUT2D eigenvalue weighted by Crippen LogP contribution is 2.13. The summed E-state index contributed by atoms with van der Waals surface area (Å²) < 4.78 is 0. The Morgan fingerprint density at radius 3 is 2.89 bits per heavy atom. The van der Waals surface area contributed by atoms with Crippen LogP contribution in [0.2, 0.25) is 0 Å². The summed E-state index contributed by atoms with van der Waals surface area (Å²) in [5.74, 6) is 0.706. The Balaban J connectivity index is 1.59. The average Bonchev–Trinajstić information content (AvgIpc) is 2.96. The molecule has 1 atom stereocenters. The quantitative estimate of drug-likeness (QED) is 0.908. The van der Waals surface area contributed by atoms with Crippen LogP contribution >= 0.6 is 0 Å². The highest BCUT2D eigenvalue weighted by molar-refractivity contribution is 5.52. The van der Waals surface area contributed by atoms with Crippen molar-refractivity contribution < 1.29 is 0 Å². The molecule has 1 aliphatic rings. The number of benzene rings is 1. The van der Waals surface area contributed by atoms with Crippen LogP contribution in [0, 0.1) is 0 Å². The third-order valence-corrected chi connectivity index (χ3v) is 3.57. The number of aromatic nitrogens is 4. The zero-order chi connectivity index (χ0) is 12.9. The molecule has 5 nitrogen and oxygen atoms in total. The van der Waals surface area contributed by atoms with E-state index in [9.17, 15) is 0 Å². The van der Waals surface area contributed by atoms with Gasteiger partial charge in [-0.25, -0.2) is 0 Å². The van der Waals surface area contributed by atoms with Crippen molar-refractivity contribution in [3.63, 3.8) is 0 Å². The zero-order valence-corrected chi connectivity index (χ0v) is 11.0. The fourth-order valence-corrected chi connectivity index (χ4v) is 2.48. The summed E-state index contributed by atoms with van der Waals surface area (Å²) in [6.45, 7) is 1.97. The Bertz CT molecular complexity index is 502. The van der Waals surface area contributed by atoms with Gasteiger partial charge in [-0.2, -0.15) is 4.80 Å². The third-order valence-electron chi connectivity index (χ3n) is 3.57. The van der Waals surface area contributed by atoms with Crippen molar-refractivity contribution in [2.45, 2.75) is 38.3 Å². The zero-order valence-electron chi connectivity index (χ0n) is 11.0. The fourth-order valence-electron chi connectivity index (χ4n) is 2.48. The molecule has 1 unspecified atom stereocenters. The Kier molecular flexibility index (Phi) is 3.83. The maximum atomic E-state index is 4.43. The highest BCUT2D eigenvalue weighted by atomic mass is 15.6. The van der Waals surface area contributed by atoms with Gasteiger partial charge in [0.25, 0.3) is 0 Å². The van der Waals surface area contributed by atoms with Crippen molar-refractivity contribution in [2.24, 2.45) is 0 Å². The lowest BCUT2D eigenvalue weighted by atomic mass is 10.0. The van der Waals surface area contributed by atoms with Crippen LogP contribution in [0.5, 0.6) is 0 Å². The van der Waals surface area contributed by atoms with E-state index in [0.29, 0.717) is 11.9 Å². The van der Waals surface area contributed by atoms with E-state index in [1.54, 1.807) is 4.80 Å². The van der Waals surface area contributed by atoms with Crippen LogP contribution in [0.15, 0.2) is 30.3 Å². The van der Waals surface area contributed by atoms with Gasteiger partial charge < -0.3 is 5.32 Å². The Hall–Kier alpha value is -1.75. The molecule has 2 aromatic rings. The summed E-state index contributed by atoms with van der Waals surface area (Å²) in [5.41, 5.74) is 1.02. The monoisotopic (exact) mass is 257 g/mol. The molecule has 0 amide bonds. The first kappa shape index (κ1) is 12.3. The minimum atomic E-state index is 0.611. The molecule has 0 aliphatic carbocycles. The molecule has 19 heavy (non-hydrogen) atoms. The second-order valence-corrected chi connectivity index (χ2v) is 5.01. The number of piperidine rings is 1. The number of rotatable bonds is 4. The van der Waals surface area contributed by atoms with E-state index in [2.05, 4.69) is 20.7 Å². The lowest BCUT2D eigenvalue weighted by molar-refractivity contribution is 0.349. The van der Waals surface area contributed by atoms with Gasteiger partial charge in [-0.15, -0.1) is 10.2 Å². The molecule has 1 aliphatic heterocycles. The lowest BCUT2D eigenvalue weighted by Crippen LogP contribution is -2.34. The molecule has 3 rings (SSSR count). The summed E-state index contributed by atoms with van der Waals surface area (Å²) >= 11 is 0. The number of hydrogen-bond acceptors (Lipinski definition) is 4. The van der Waals surface area contributed by atoms with Gasteiger partial charge in [-0.3, -0.25) is 0 Å². The lowest BCUT2D eigenvalue weighted by Gasteiger charge is -2.22. The molecule has 0 spiro atoms. The summed E-state index contributed by atoms with van der Waals surface area (Å²) in [5, 5.41) is 16.2. The van der Waals surface area contributed by atoms with Crippen molar-refractivity contribution in [1.82, 2.24) is 25.5 Å². The average molecular weight is 257 g/mol. The smallest absolute Gasteiger partial charge is 0.204 e. The Labute approximate surface area is 113 Å². The molecule has 0 radical (unpaired) electrons. The van der Waals surface area contributed by atoms with E-state index in [-0.39, 0.29) is 0 Å². The summed E-state index contributed by atoms with van der Waals surface area (Å²) in [7, 11) is 0. The van der Waals surface area contributed by atoms with Gasteiger partial charge in [0, 0.05) is 11.6 Å². The topological polar surface area (TPSA) is 55.6 Å². The number of nitrogens with zero attached hydrogens (tertiary/aromatic N) is 4. The van der Waals surface area contributed by atoms with Crippen molar-refractivity contribution in [3.05, 3.63) is 30.3 Å². The standard InChI is InChI=1S/C14H19N5/c1-2-6-12(7-3-1)14-16-18-19(17-14)11-9-13-8-4-5-10-15-13/h1-3,6-7,13,15H,4-5,8-11H2. The van der Waals surface area contributed by atoms with Crippen LogP contribution in [-0.4, -0.2) is 32.8 Å². The van der Waals surface area contributed by atoms with Crippen molar-refractivity contribution >= 4 is 0 Å². The van der Waals surface area contributed by atoms with Crippen LogP contribution in [0.1, 0.15) is 25.7 Å². The molecule has 0 saturated carbocycles. The van der Waals surface area contributed by atoms with Crippen molar-refractivity contribution in [3.8, 4) is 11.4 Å². The maximum absolute atomic E-state index is 4.43. The normalized spacial score (nSPS) is 19.5. The largest absolute Gasteiger partial charge is 0.314 e. The molecule has 1 saturated heterocycles. The van der Waals surface area contributed by atoms with E-state index in [4.69, 9.17) is 0 Å². The highest BCUT2D eigenvalue weighted by Gasteiger charge is 2.13. The second-order valence-electron chi connectivity index (χ2n) is 5.01. The fraction of sp³-hybridized carbons (Fsp3) is 0.500. The van der Waals surface area contributed by atoms with Crippen LogP contribution in [0.25, 0.3) is 11.4 Å². The van der Waals surface area contributed by atoms with Gasteiger partial charge in [0.1, 0.15) is 0 Å². The minimum absolute atomic E-state index is 0.611. The second kappa shape index (κ2) is 5.93. The minimum Gasteiger partial charge on any atom is -0.314 e. The number of tetrazole rings is 1. The van der Waals surface area contributed by atoms with E-state index in [0.717, 1.165) is 25.1 Å². The Morgan fingerprint density at radius 1 is 1.21 bits per heavy atom. The van der Waals surface area contributed by atoms with Gasteiger partial charge in [0.15, 0.2) is 0 Å². The third kappa shape index (κ3) is 3.17. The van der Waals surface area contributed by atoms with E-state index < -0.39 is 0 Å². The van der Waals surface area contributed by atoms with Gasteiger partial charge in [-0.05, 0) is 31.0 Å². The first-order valence-electron chi connectivity index (χ1n) is 6.98. The van der Waals surface area contributed by atoms with Crippen LogP contribution in [0.4, 0.5) is 0 Å². The summed E-state index contributed by atoms with van der Waals surface area (Å²) in [4.78, 5) is 1.71. The van der Waals surface area contributed by atoms with Crippen LogP contribution in [0.3, 0.4) is 0 Å². The van der Waals surface area contributed by atoms with Gasteiger partial charge >= 0.3 is 0 Å². The molecule has 1 aromatic heterocycles. The maximum Gasteiger partial charge on any atom is 0.204 e. The van der Waals surface area contributed by atoms with Crippen LogP contribution in [-0.2, 0) is 6.54 Å². The van der Waals surface area contributed by atoms with Crippen molar-refractivity contribution in [2.75, 3.05) is 6.54 Å². The summed E-state index contributed by atoms with van der Waals surface area (Å²) in [6, 6.07) is 10.6.